The Bertz CT molecular complexity index is 216. The third-order valence-electron chi connectivity index (χ3n) is 1.51. The zero-order valence-electron chi connectivity index (χ0n) is 8.42. The van der Waals surface area contributed by atoms with Gasteiger partial charge in [0.1, 0.15) is 0 Å². The van der Waals surface area contributed by atoms with Gasteiger partial charge in [0.25, 0.3) is 10.2 Å². The Labute approximate surface area is 80.5 Å². The Kier molecular flexibility index (Phi) is 6.23. The van der Waals surface area contributed by atoms with E-state index < -0.39 is 10.2 Å². The van der Waals surface area contributed by atoms with Gasteiger partial charge >= 0.3 is 0 Å². The summed E-state index contributed by atoms with van der Waals surface area (Å²) in [5, 5.41) is 2.98. The summed E-state index contributed by atoms with van der Waals surface area (Å²) in [5.74, 6) is 0.290. The van der Waals surface area contributed by atoms with Crippen molar-refractivity contribution in [3.63, 3.8) is 0 Å². The highest BCUT2D eigenvalue weighted by atomic mass is 32.2. The minimum absolute atomic E-state index is 0.290. The molecule has 0 aliphatic heterocycles. The highest BCUT2D eigenvalue weighted by Crippen LogP contribution is 1.89. The van der Waals surface area contributed by atoms with Crippen LogP contribution in [0, 0.1) is 5.92 Å². The highest BCUT2D eigenvalue weighted by Gasteiger charge is 2.08. The normalized spacial score (nSPS) is 14.4. The van der Waals surface area contributed by atoms with Crippen LogP contribution in [0.2, 0.25) is 0 Å². The van der Waals surface area contributed by atoms with Crippen molar-refractivity contribution in [1.29, 1.82) is 0 Å². The molecule has 0 rings (SSSR count). The van der Waals surface area contributed by atoms with Crippen LogP contribution in [-0.2, 0) is 10.2 Å². The summed E-state index contributed by atoms with van der Waals surface area (Å²) in [6, 6.07) is 0. The molecule has 5 nitrogen and oxygen atoms in total. The molecule has 0 bridgehead atoms. The summed E-state index contributed by atoms with van der Waals surface area (Å²) in [5.41, 5.74) is 0. The molecule has 0 radical (unpaired) electrons. The van der Waals surface area contributed by atoms with Crippen molar-refractivity contribution in [2.45, 2.75) is 13.8 Å². The minimum Gasteiger partial charge on any atom is -0.319 e. The first-order chi connectivity index (χ1) is 6.02. The SMILES string of the molecule is CCNS(=O)(=O)NCC(C)CNC. The van der Waals surface area contributed by atoms with Crippen molar-refractivity contribution in [1.82, 2.24) is 14.8 Å². The monoisotopic (exact) mass is 209 g/mol. The molecule has 0 heterocycles. The molecule has 0 aromatic carbocycles. The fourth-order valence-electron chi connectivity index (χ4n) is 0.914. The van der Waals surface area contributed by atoms with Crippen LogP contribution < -0.4 is 14.8 Å². The van der Waals surface area contributed by atoms with Gasteiger partial charge in [0.05, 0.1) is 0 Å². The Morgan fingerprint density at radius 1 is 1.23 bits per heavy atom. The largest absolute Gasteiger partial charge is 0.319 e. The summed E-state index contributed by atoms with van der Waals surface area (Å²) in [6.07, 6.45) is 0. The van der Waals surface area contributed by atoms with E-state index in [9.17, 15) is 8.42 Å². The first-order valence-electron chi connectivity index (χ1n) is 4.40. The van der Waals surface area contributed by atoms with Gasteiger partial charge in [0.2, 0.25) is 0 Å². The Morgan fingerprint density at radius 2 is 1.85 bits per heavy atom. The van der Waals surface area contributed by atoms with Gasteiger partial charge in [-0.15, -0.1) is 0 Å². The van der Waals surface area contributed by atoms with E-state index in [0.29, 0.717) is 19.0 Å². The van der Waals surface area contributed by atoms with E-state index in [1.54, 1.807) is 6.92 Å². The standard InChI is InChI=1S/C7H19N3O2S/c1-4-9-13(11,12)10-6-7(2)5-8-3/h7-10H,4-6H2,1-3H3. The average molecular weight is 209 g/mol. The fraction of sp³-hybridized carbons (Fsp3) is 1.00. The summed E-state index contributed by atoms with van der Waals surface area (Å²) in [7, 11) is -1.43. The molecule has 0 aliphatic rings. The van der Waals surface area contributed by atoms with Crippen LogP contribution in [0.4, 0.5) is 0 Å². The zero-order chi connectivity index (χ0) is 10.3. The maximum absolute atomic E-state index is 11.1. The number of hydrogen-bond acceptors (Lipinski definition) is 3. The van der Waals surface area contributed by atoms with Crippen LogP contribution in [0.25, 0.3) is 0 Å². The van der Waals surface area contributed by atoms with Gasteiger partial charge in [0, 0.05) is 13.1 Å². The second-order valence-corrected chi connectivity index (χ2v) is 4.60. The van der Waals surface area contributed by atoms with Crippen LogP contribution >= 0.6 is 0 Å². The van der Waals surface area contributed by atoms with Crippen LogP contribution in [0.1, 0.15) is 13.8 Å². The van der Waals surface area contributed by atoms with Crippen molar-refractivity contribution < 1.29 is 8.42 Å². The second kappa shape index (κ2) is 6.31. The van der Waals surface area contributed by atoms with E-state index in [1.807, 2.05) is 14.0 Å². The lowest BCUT2D eigenvalue weighted by Gasteiger charge is -2.12. The van der Waals surface area contributed by atoms with Gasteiger partial charge in [-0.1, -0.05) is 13.8 Å². The number of hydrogen-bond donors (Lipinski definition) is 3. The van der Waals surface area contributed by atoms with Gasteiger partial charge in [-0.25, -0.2) is 9.44 Å². The smallest absolute Gasteiger partial charge is 0.276 e. The van der Waals surface area contributed by atoms with Crippen LogP contribution in [0.3, 0.4) is 0 Å². The molecule has 80 valence electrons. The number of rotatable bonds is 7. The maximum Gasteiger partial charge on any atom is 0.276 e. The van der Waals surface area contributed by atoms with Crippen molar-refractivity contribution in [2.75, 3.05) is 26.7 Å². The molecule has 1 atom stereocenters. The van der Waals surface area contributed by atoms with Crippen molar-refractivity contribution in [3.8, 4) is 0 Å². The predicted molar refractivity (Wildman–Crippen MR) is 53.7 cm³/mol. The second-order valence-electron chi connectivity index (χ2n) is 3.01. The molecule has 0 aromatic rings. The molecule has 1 unspecified atom stereocenters. The highest BCUT2D eigenvalue weighted by molar-refractivity contribution is 7.87. The minimum atomic E-state index is -3.27. The van der Waals surface area contributed by atoms with Gasteiger partial charge in [0.15, 0.2) is 0 Å². The quantitative estimate of drug-likeness (QED) is 0.518. The lowest BCUT2D eigenvalue weighted by Crippen LogP contribution is -2.39. The van der Waals surface area contributed by atoms with Gasteiger partial charge < -0.3 is 5.32 Å². The van der Waals surface area contributed by atoms with E-state index in [-0.39, 0.29) is 0 Å². The zero-order valence-corrected chi connectivity index (χ0v) is 9.24. The number of nitrogens with one attached hydrogen (secondary N) is 3. The Balaban J connectivity index is 3.74. The lowest BCUT2D eigenvalue weighted by molar-refractivity contribution is 0.514. The first kappa shape index (κ1) is 12.8. The molecule has 0 saturated heterocycles. The summed E-state index contributed by atoms with van der Waals surface area (Å²) >= 11 is 0. The van der Waals surface area contributed by atoms with Crippen LogP contribution in [-0.4, -0.2) is 35.1 Å². The van der Waals surface area contributed by atoms with E-state index in [1.165, 1.54) is 0 Å². The van der Waals surface area contributed by atoms with Crippen LogP contribution in [0.15, 0.2) is 0 Å². The van der Waals surface area contributed by atoms with Crippen molar-refractivity contribution in [3.05, 3.63) is 0 Å². The van der Waals surface area contributed by atoms with E-state index in [4.69, 9.17) is 0 Å². The van der Waals surface area contributed by atoms with Gasteiger partial charge in [-0.2, -0.15) is 8.42 Å². The fourth-order valence-corrected chi connectivity index (χ4v) is 1.90. The van der Waals surface area contributed by atoms with Gasteiger partial charge in [-0.05, 0) is 19.5 Å². The average Bonchev–Trinajstić information content (AvgIpc) is 2.02. The van der Waals surface area contributed by atoms with Crippen LogP contribution in [0.5, 0.6) is 0 Å². The molecule has 0 spiro atoms. The summed E-state index contributed by atoms with van der Waals surface area (Å²) < 4.78 is 27.0. The topological polar surface area (TPSA) is 70.2 Å². The van der Waals surface area contributed by atoms with E-state index in [0.717, 1.165) is 6.54 Å². The molecular weight excluding hydrogens is 190 g/mol. The molecular formula is C7H19N3O2S. The predicted octanol–water partition coefficient (Wildman–Crippen LogP) is -0.714. The Morgan fingerprint density at radius 3 is 2.31 bits per heavy atom. The van der Waals surface area contributed by atoms with E-state index in [2.05, 4.69) is 14.8 Å². The Hall–Kier alpha value is -0.170. The molecule has 0 aromatic heterocycles. The van der Waals surface area contributed by atoms with Crippen molar-refractivity contribution in [2.24, 2.45) is 5.92 Å². The third kappa shape index (κ3) is 6.94. The molecule has 3 N–H and O–H groups in total. The molecule has 0 aliphatic carbocycles. The van der Waals surface area contributed by atoms with Gasteiger partial charge in [-0.3, -0.25) is 0 Å². The molecule has 0 fully saturated rings. The lowest BCUT2D eigenvalue weighted by atomic mass is 10.2. The molecule has 0 saturated carbocycles. The third-order valence-corrected chi connectivity index (χ3v) is 2.72. The maximum atomic E-state index is 11.1. The van der Waals surface area contributed by atoms with E-state index >= 15 is 0 Å². The summed E-state index contributed by atoms with van der Waals surface area (Å²) in [6.45, 7) is 5.39. The molecule has 13 heavy (non-hydrogen) atoms. The molecule has 0 amide bonds. The van der Waals surface area contributed by atoms with Crippen molar-refractivity contribution >= 4 is 10.2 Å². The molecule has 6 heteroatoms. The first-order valence-corrected chi connectivity index (χ1v) is 5.89. The summed E-state index contributed by atoms with van der Waals surface area (Å²) in [4.78, 5) is 0.